The smallest absolute Gasteiger partial charge is 0.224 e. The summed E-state index contributed by atoms with van der Waals surface area (Å²) in [5, 5.41) is 3.09. The molecule has 3 rings (SSSR count). The SMILES string of the molecule is Cl.Cl.N[C@@H]1CCC[C@H]1CC(=O)Nc1cc(Br)ccc1N1CCOCC1. The molecule has 25 heavy (non-hydrogen) atoms. The standard InChI is InChI=1S/C17H24BrN3O2.2ClH/c18-13-4-5-16(21-6-8-23-9-7-21)15(11-13)20-17(22)10-12-2-1-3-14(12)19;;/h4-5,11-12,14H,1-3,6-10,19H2,(H,20,22);2*1H/t12-,14+;;/m0../s1. The lowest BCUT2D eigenvalue weighted by Crippen LogP contribution is -2.37. The zero-order valence-electron chi connectivity index (χ0n) is 14.1. The first-order valence-electron chi connectivity index (χ1n) is 8.31. The van der Waals surface area contributed by atoms with Gasteiger partial charge >= 0.3 is 0 Å². The van der Waals surface area contributed by atoms with E-state index in [2.05, 4.69) is 26.1 Å². The lowest BCUT2D eigenvalue weighted by Gasteiger charge is -2.30. The second kappa shape index (κ2) is 10.6. The second-order valence-corrected chi connectivity index (χ2v) is 7.28. The lowest BCUT2D eigenvalue weighted by atomic mass is 10.00. The zero-order valence-corrected chi connectivity index (χ0v) is 17.3. The Balaban J connectivity index is 0.00000156. The van der Waals surface area contributed by atoms with Crippen molar-refractivity contribution < 1.29 is 9.53 Å². The molecular formula is C17H26BrCl2N3O2. The summed E-state index contributed by atoms with van der Waals surface area (Å²) in [4.78, 5) is 14.7. The summed E-state index contributed by atoms with van der Waals surface area (Å²) >= 11 is 3.49. The minimum atomic E-state index is 0. The maximum Gasteiger partial charge on any atom is 0.224 e. The highest BCUT2D eigenvalue weighted by atomic mass is 79.9. The number of ether oxygens (including phenoxy) is 1. The molecule has 8 heteroatoms. The van der Waals surface area contributed by atoms with Gasteiger partial charge in [0.15, 0.2) is 0 Å². The molecule has 1 saturated carbocycles. The summed E-state index contributed by atoms with van der Waals surface area (Å²) < 4.78 is 6.37. The Hall–Kier alpha value is -0.530. The Labute approximate surface area is 170 Å². The molecule has 1 heterocycles. The fourth-order valence-corrected chi connectivity index (χ4v) is 3.81. The molecule has 0 unspecified atom stereocenters. The van der Waals surface area contributed by atoms with E-state index in [0.29, 0.717) is 12.3 Å². The Morgan fingerprint density at radius 3 is 2.64 bits per heavy atom. The van der Waals surface area contributed by atoms with Crippen LogP contribution < -0.4 is 16.0 Å². The number of rotatable bonds is 4. The topological polar surface area (TPSA) is 67.6 Å². The van der Waals surface area contributed by atoms with Crippen LogP contribution in [0.25, 0.3) is 0 Å². The predicted molar refractivity (Wildman–Crippen MR) is 110 cm³/mol. The van der Waals surface area contributed by atoms with Crippen molar-refractivity contribution in [1.29, 1.82) is 0 Å². The molecule has 142 valence electrons. The van der Waals surface area contributed by atoms with Gasteiger partial charge in [0.25, 0.3) is 0 Å². The van der Waals surface area contributed by atoms with Crippen LogP contribution in [0.15, 0.2) is 22.7 Å². The third-order valence-corrected chi connectivity index (χ3v) is 5.24. The van der Waals surface area contributed by atoms with Crippen LogP contribution in [0.1, 0.15) is 25.7 Å². The van der Waals surface area contributed by atoms with Crippen molar-refractivity contribution in [3.05, 3.63) is 22.7 Å². The highest BCUT2D eigenvalue weighted by molar-refractivity contribution is 9.10. The molecule has 0 bridgehead atoms. The largest absolute Gasteiger partial charge is 0.378 e. The number of morpholine rings is 1. The number of benzene rings is 1. The number of hydrogen-bond acceptors (Lipinski definition) is 4. The van der Waals surface area contributed by atoms with Crippen LogP contribution in [0.5, 0.6) is 0 Å². The van der Waals surface area contributed by atoms with Gasteiger partial charge in [0.1, 0.15) is 0 Å². The van der Waals surface area contributed by atoms with E-state index in [1.807, 2.05) is 18.2 Å². The summed E-state index contributed by atoms with van der Waals surface area (Å²) in [5.41, 5.74) is 8.00. The molecule has 3 N–H and O–H groups in total. The van der Waals surface area contributed by atoms with Gasteiger partial charge in [0.2, 0.25) is 5.91 Å². The zero-order chi connectivity index (χ0) is 16.2. The number of nitrogens with one attached hydrogen (secondary N) is 1. The van der Waals surface area contributed by atoms with Crippen molar-refractivity contribution in [3.8, 4) is 0 Å². The highest BCUT2D eigenvalue weighted by Gasteiger charge is 2.26. The molecule has 1 aliphatic heterocycles. The van der Waals surface area contributed by atoms with E-state index in [1.54, 1.807) is 0 Å². The minimum Gasteiger partial charge on any atom is -0.378 e. The molecule has 2 atom stereocenters. The van der Waals surface area contributed by atoms with E-state index in [1.165, 1.54) is 0 Å². The Kier molecular flexibility index (Phi) is 9.52. The van der Waals surface area contributed by atoms with Gasteiger partial charge in [-0.25, -0.2) is 0 Å². The van der Waals surface area contributed by atoms with Crippen molar-refractivity contribution in [3.63, 3.8) is 0 Å². The van der Waals surface area contributed by atoms with Crippen LogP contribution in [-0.2, 0) is 9.53 Å². The van der Waals surface area contributed by atoms with Gasteiger partial charge in [0.05, 0.1) is 24.6 Å². The summed E-state index contributed by atoms with van der Waals surface area (Å²) in [7, 11) is 0. The lowest BCUT2D eigenvalue weighted by molar-refractivity contribution is -0.117. The quantitative estimate of drug-likeness (QED) is 0.729. The van der Waals surface area contributed by atoms with Gasteiger partial charge in [-0.1, -0.05) is 22.4 Å². The molecule has 2 fully saturated rings. The molecule has 0 radical (unpaired) electrons. The summed E-state index contributed by atoms with van der Waals surface area (Å²) in [6, 6.07) is 6.19. The molecule has 1 aliphatic carbocycles. The summed E-state index contributed by atoms with van der Waals surface area (Å²) in [6.07, 6.45) is 3.74. The number of halogens is 3. The Morgan fingerprint density at radius 1 is 1.28 bits per heavy atom. The number of nitrogens with two attached hydrogens (primary N) is 1. The Bertz CT molecular complexity index is 571. The fourth-order valence-electron chi connectivity index (χ4n) is 3.45. The van der Waals surface area contributed by atoms with E-state index in [-0.39, 0.29) is 36.8 Å². The average Bonchev–Trinajstić information content (AvgIpc) is 2.93. The van der Waals surface area contributed by atoms with Crippen LogP contribution in [0, 0.1) is 5.92 Å². The van der Waals surface area contributed by atoms with Crippen molar-refractivity contribution in [1.82, 2.24) is 0 Å². The monoisotopic (exact) mass is 453 g/mol. The van der Waals surface area contributed by atoms with Crippen LogP contribution in [-0.4, -0.2) is 38.3 Å². The molecule has 2 aliphatic rings. The maximum atomic E-state index is 12.4. The first kappa shape index (κ1) is 22.5. The van der Waals surface area contributed by atoms with Crippen molar-refractivity contribution in [2.75, 3.05) is 36.5 Å². The van der Waals surface area contributed by atoms with Gasteiger partial charge in [-0.2, -0.15) is 0 Å². The van der Waals surface area contributed by atoms with Crippen LogP contribution in [0.2, 0.25) is 0 Å². The van der Waals surface area contributed by atoms with E-state index in [4.69, 9.17) is 10.5 Å². The molecule has 1 aromatic carbocycles. The van der Waals surface area contributed by atoms with Crippen molar-refractivity contribution >= 4 is 58.0 Å². The van der Waals surface area contributed by atoms with Crippen LogP contribution in [0.4, 0.5) is 11.4 Å². The number of carbonyl (C=O) groups is 1. The third kappa shape index (κ3) is 6.00. The molecule has 1 aromatic rings. The van der Waals surface area contributed by atoms with E-state index < -0.39 is 0 Å². The Morgan fingerprint density at radius 2 is 2.00 bits per heavy atom. The van der Waals surface area contributed by atoms with Crippen LogP contribution >= 0.6 is 40.7 Å². The highest BCUT2D eigenvalue weighted by Crippen LogP contribution is 2.31. The number of nitrogens with zero attached hydrogens (tertiary/aromatic N) is 1. The van der Waals surface area contributed by atoms with Gasteiger partial charge in [0, 0.05) is 30.0 Å². The maximum absolute atomic E-state index is 12.4. The molecule has 1 saturated heterocycles. The molecule has 0 aromatic heterocycles. The molecule has 5 nitrogen and oxygen atoms in total. The first-order chi connectivity index (χ1) is 11.1. The number of anilines is 2. The van der Waals surface area contributed by atoms with E-state index in [9.17, 15) is 4.79 Å². The summed E-state index contributed by atoms with van der Waals surface area (Å²) in [5.74, 6) is 0.369. The minimum absolute atomic E-state index is 0. The second-order valence-electron chi connectivity index (χ2n) is 6.37. The summed E-state index contributed by atoms with van der Waals surface area (Å²) in [6.45, 7) is 3.14. The molecular weight excluding hydrogens is 429 g/mol. The van der Waals surface area contributed by atoms with Gasteiger partial charge in [-0.3, -0.25) is 4.79 Å². The van der Waals surface area contributed by atoms with Gasteiger partial charge < -0.3 is 20.7 Å². The third-order valence-electron chi connectivity index (χ3n) is 4.75. The van der Waals surface area contributed by atoms with E-state index >= 15 is 0 Å². The van der Waals surface area contributed by atoms with Gasteiger partial charge in [-0.05, 0) is 37.0 Å². The predicted octanol–water partition coefficient (Wildman–Crippen LogP) is 3.59. The van der Waals surface area contributed by atoms with Crippen LogP contribution in [0.3, 0.4) is 0 Å². The van der Waals surface area contributed by atoms with Gasteiger partial charge in [-0.15, -0.1) is 24.8 Å². The average molecular weight is 455 g/mol. The number of amides is 1. The van der Waals surface area contributed by atoms with Crippen molar-refractivity contribution in [2.45, 2.75) is 31.7 Å². The van der Waals surface area contributed by atoms with Crippen molar-refractivity contribution in [2.24, 2.45) is 11.7 Å². The number of hydrogen-bond donors (Lipinski definition) is 2. The first-order valence-corrected chi connectivity index (χ1v) is 9.10. The molecule has 1 amide bonds. The number of carbonyl (C=O) groups excluding carboxylic acids is 1. The molecule has 0 spiro atoms. The fraction of sp³-hybridized carbons (Fsp3) is 0.588. The normalized spacial score (nSPS) is 22.7. The van der Waals surface area contributed by atoms with E-state index in [0.717, 1.165) is 61.4 Å².